The summed E-state index contributed by atoms with van der Waals surface area (Å²) >= 11 is 0. The highest BCUT2D eigenvalue weighted by Gasteiger charge is 2.19. The summed E-state index contributed by atoms with van der Waals surface area (Å²) in [5, 5.41) is 0. The number of hydrogen-bond acceptors (Lipinski definition) is 4. The molecule has 0 aliphatic heterocycles. The second-order valence-corrected chi connectivity index (χ2v) is 8.80. The topological polar surface area (TPSA) is 53.4 Å². The van der Waals surface area contributed by atoms with Gasteiger partial charge in [0.1, 0.15) is 11.6 Å². The molecule has 0 bridgehead atoms. The molecule has 1 aliphatic carbocycles. The molecule has 1 saturated carbocycles. The van der Waals surface area contributed by atoms with Crippen LogP contribution < -0.4 is 4.74 Å². The van der Waals surface area contributed by atoms with E-state index in [0.29, 0.717) is 18.9 Å². The zero-order valence-corrected chi connectivity index (χ0v) is 19.1. The van der Waals surface area contributed by atoms with Crippen LogP contribution in [0.4, 0.5) is 0 Å². The molecule has 0 radical (unpaired) electrons. The Bertz CT molecular complexity index is 1010. The maximum absolute atomic E-state index is 11.2. The van der Waals surface area contributed by atoms with Crippen LogP contribution in [-0.2, 0) is 16.1 Å². The molecular formula is C27H34N2O3. The number of hydrogen-bond donors (Lipinski definition) is 0. The molecule has 3 aromatic rings. The van der Waals surface area contributed by atoms with E-state index in [-0.39, 0.29) is 5.97 Å². The normalized spacial score (nSPS) is 14.5. The number of ether oxygens (including phenoxy) is 2. The predicted molar refractivity (Wildman–Crippen MR) is 128 cm³/mol. The van der Waals surface area contributed by atoms with Crippen molar-refractivity contribution in [3.05, 3.63) is 48.5 Å². The molecule has 32 heavy (non-hydrogen) atoms. The summed E-state index contributed by atoms with van der Waals surface area (Å²) in [5.74, 6) is 2.50. The molecule has 4 rings (SSSR count). The van der Waals surface area contributed by atoms with E-state index in [2.05, 4.69) is 51.8 Å². The first-order valence-electron chi connectivity index (χ1n) is 12.0. The second kappa shape index (κ2) is 11.2. The highest BCUT2D eigenvalue weighted by atomic mass is 16.5. The van der Waals surface area contributed by atoms with Crippen LogP contribution in [0.3, 0.4) is 0 Å². The van der Waals surface area contributed by atoms with Gasteiger partial charge in [0.15, 0.2) is 0 Å². The fourth-order valence-corrected chi connectivity index (χ4v) is 4.65. The van der Waals surface area contributed by atoms with E-state index in [1.54, 1.807) is 0 Å². The van der Waals surface area contributed by atoms with Crippen molar-refractivity contribution in [2.75, 3.05) is 13.7 Å². The molecule has 1 fully saturated rings. The standard InChI is InChI=1S/C27H34N2O3/c1-31-26(30)15-9-4-10-18-32-23-16-17-24-25(19-23)29(20-21-11-5-2-6-12-21)27(28-24)22-13-7-3-8-14-22/h3,7-8,13-14,16-17,19,21H,2,4-6,9-12,15,18,20H2,1H3. The number of benzene rings is 2. The molecule has 0 saturated heterocycles. The Hall–Kier alpha value is -2.82. The predicted octanol–water partition coefficient (Wildman–Crippen LogP) is 6.40. The number of rotatable bonds is 10. The minimum atomic E-state index is -0.142. The molecule has 1 heterocycles. The SMILES string of the molecule is COC(=O)CCCCCOc1ccc2nc(-c3ccccc3)n(CC3CCCCC3)c2c1. The van der Waals surface area contributed by atoms with Gasteiger partial charge in [0.05, 0.1) is 24.8 Å². The second-order valence-electron chi connectivity index (χ2n) is 8.80. The molecule has 0 amide bonds. The van der Waals surface area contributed by atoms with Gasteiger partial charge < -0.3 is 14.0 Å². The first-order valence-corrected chi connectivity index (χ1v) is 12.0. The van der Waals surface area contributed by atoms with Gasteiger partial charge in [0.2, 0.25) is 0 Å². The fraction of sp³-hybridized carbons (Fsp3) is 0.481. The van der Waals surface area contributed by atoms with Crippen molar-refractivity contribution in [3.63, 3.8) is 0 Å². The molecule has 2 aromatic carbocycles. The van der Waals surface area contributed by atoms with E-state index >= 15 is 0 Å². The third-order valence-corrected chi connectivity index (χ3v) is 6.44. The molecular weight excluding hydrogens is 400 g/mol. The molecule has 1 aliphatic rings. The monoisotopic (exact) mass is 434 g/mol. The Morgan fingerprint density at radius 3 is 2.62 bits per heavy atom. The molecule has 0 spiro atoms. The van der Waals surface area contributed by atoms with Crippen molar-refractivity contribution in [1.29, 1.82) is 0 Å². The highest BCUT2D eigenvalue weighted by Crippen LogP contribution is 2.32. The minimum absolute atomic E-state index is 0.142. The Labute approximate surface area is 190 Å². The van der Waals surface area contributed by atoms with E-state index in [0.717, 1.165) is 54.0 Å². The Morgan fingerprint density at radius 2 is 1.84 bits per heavy atom. The number of carbonyl (C=O) groups is 1. The number of imidazole rings is 1. The molecule has 0 unspecified atom stereocenters. The van der Waals surface area contributed by atoms with Crippen LogP contribution in [0.15, 0.2) is 48.5 Å². The van der Waals surface area contributed by atoms with Crippen LogP contribution in [0.2, 0.25) is 0 Å². The highest BCUT2D eigenvalue weighted by molar-refractivity contribution is 5.82. The molecule has 0 N–H and O–H groups in total. The zero-order valence-electron chi connectivity index (χ0n) is 19.1. The van der Waals surface area contributed by atoms with E-state index < -0.39 is 0 Å². The number of aromatic nitrogens is 2. The average molecular weight is 435 g/mol. The van der Waals surface area contributed by atoms with E-state index in [9.17, 15) is 4.79 Å². The lowest BCUT2D eigenvalue weighted by Gasteiger charge is -2.23. The zero-order chi connectivity index (χ0) is 22.2. The van der Waals surface area contributed by atoms with Gasteiger partial charge in [-0.25, -0.2) is 4.98 Å². The van der Waals surface area contributed by atoms with Gasteiger partial charge in [-0.3, -0.25) is 4.79 Å². The van der Waals surface area contributed by atoms with Gasteiger partial charge in [0.25, 0.3) is 0 Å². The third kappa shape index (κ3) is 5.70. The van der Waals surface area contributed by atoms with E-state index in [1.807, 2.05) is 6.07 Å². The number of carbonyl (C=O) groups excluding carboxylic acids is 1. The Kier molecular flexibility index (Phi) is 7.81. The summed E-state index contributed by atoms with van der Waals surface area (Å²) < 4.78 is 13.1. The van der Waals surface area contributed by atoms with Crippen molar-refractivity contribution in [1.82, 2.24) is 9.55 Å². The van der Waals surface area contributed by atoms with Crippen LogP contribution >= 0.6 is 0 Å². The minimum Gasteiger partial charge on any atom is -0.494 e. The van der Waals surface area contributed by atoms with Gasteiger partial charge in [-0.2, -0.15) is 0 Å². The summed E-state index contributed by atoms with van der Waals surface area (Å²) in [6, 6.07) is 16.7. The van der Waals surface area contributed by atoms with Gasteiger partial charge in [-0.1, -0.05) is 49.6 Å². The number of methoxy groups -OCH3 is 1. The summed E-state index contributed by atoms with van der Waals surface area (Å²) in [6.45, 7) is 1.66. The lowest BCUT2D eigenvalue weighted by atomic mass is 9.89. The number of nitrogens with zero attached hydrogens (tertiary/aromatic N) is 2. The van der Waals surface area contributed by atoms with Crippen molar-refractivity contribution in [2.45, 2.75) is 64.3 Å². The van der Waals surface area contributed by atoms with E-state index in [4.69, 9.17) is 9.72 Å². The van der Waals surface area contributed by atoms with Crippen LogP contribution in [-0.4, -0.2) is 29.2 Å². The number of unbranched alkanes of at least 4 members (excludes halogenated alkanes) is 2. The fourth-order valence-electron chi connectivity index (χ4n) is 4.65. The molecule has 0 atom stereocenters. The quantitative estimate of drug-likeness (QED) is 0.274. The number of esters is 1. The van der Waals surface area contributed by atoms with Crippen LogP contribution in [0.25, 0.3) is 22.4 Å². The van der Waals surface area contributed by atoms with Gasteiger partial charge in [0, 0.05) is 24.6 Å². The Balaban J connectivity index is 1.49. The summed E-state index contributed by atoms with van der Waals surface area (Å²) in [4.78, 5) is 16.2. The summed E-state index contributed by atoms with van der Waals surface area (Å²) in [7, 11) is 1.43. The lowest BCUT2D eigenvalue weighted by Crippen LogP contribution is -2.15. The third-order valence-electron chi connectivity index (χ3n) is 6.44. The lowest BCUT2D eigenvalue weighted by molar-refractivity contribution is -0.140. The Morgan fingerprint density at radius 1 is 1.03 bits per heavy atom. The van der Waals surface area contributed by atoms with Crippen LogP contribution in [0.5, 0.6) is 5.75 Å². The molecule has 5 heteroatoms. The first-order chi connectivity index (χ1) is 15.7. The van der Waals surface area contributed by atoms with Crippen LogP contribution in [0, 0.1) is 5.92 Å². The first kappa shape index (κ1) is 22.4. The average Bonchev–Trinajstić information content (AvgIpc) is 3.20. The smallest absolute Gasteiger partial charge is 0.305 e. The molecule has 5 nitrogen and oxygen atoms in total. The van der Waals surface area contributed by atoms with E-state index in [1.165, 1.54) is 39.2 Å². The number of fused-ring (bicyclic) bond motifs is 1. The van der Waals surface area contributed by atoms with Gasteiger partial charge in [-0.05, 0) is 50.2 Å². The summed E-state index contributed by atoms with van der Waals surface area (Å²) in [6.07, 6.45) is 9.83. The largest absolute Gasteiger partial charge is 0.494 e. The maximum atomic E-state index is 11.2. The molecule has 170 valence electrons. The van der Waals surface area contributed by atoms with Crippen LogP contribution in [0.1, 0.15) is 57.8 Å². The summed E-state index contributed by atoms with van der Waals surface area (Å²) in [5.41, 5.74) is 3.33. The molecule has 1 aromatic heterocycles. The van der Waals surface area contributed by atoms with Gasteiger partial charge in [-0.15, -0.1) is 0 Å². The van der Waals surface area contributed by atoms with Crippen molar-refractivity contribution in [2.24, 2.45) is 5.92 Å². The van der Waals surface area contributed by atoms with Crippen molar-refractivity contribution >= 4 is 17.0 Å². The van der Waals surface area contributed by atoms with Crippen molar-refractivity contribution < 1.29 is 14.3 Å². The maximum Gasteiger partial charge on any atom is 0.305 e. The van der Waals surface area contributed by atoms with Gasteiger partial charge >= 0.3 is 5.97 Å². The van der Waals surface area contributed by atoms with Crippen molar-refractivity contribution in [3.8, 4) is 17.1 Å².